The fourth-order valence-electron chi connectivity index (χ4n) is 3.29. The van der Waals surface area contributed by atoms with Crippen molar-refractivity contribution in [2.75, 3.05) is 6.61 Å². The largest absolute Gasteiger partial charge is 0.494 e. The summed E-state index contributed by atoms with van der Waals surface area (Å²) in [7, 11) is 0. The molecule has 1 unspecified atom stereocenters. The molecule has 0 saturated heterocycles. The first-order valence-corrected chi connectivity index (χ1v) is 11.3. The molecule has 0 fully saturated rings. The number of benzene rings is 2. The highest BCUT2D eigenvalue weighted by atomic mass is 16.5. The molecule has 2 rings (SSSR count). The van der Waals surface area contributed by atoms with E-state index < -0.39 is 0 Å². The molecule has 1 atom stereocenters. The number of carbonyl (C=O) groups is 1. The lowest BCUT2D eigenvalue weighted by Gasteiger charge is -2.13. The number of rotatable bonds is 14. The van der Waals surface area contributed by atoms with Gasteiger partial charge in [0.05, 0.1) is 18.3 Å². The Kier molecular flexibility index (Phi) is 10.8. The highest BCUT2D eigenvalue weighted by molar-refractivity contribution is 5.90. The Morgan fingerprint density at radius 3 is 2.23 bits per heavy atom. The van der Waals surface area contributed by atoms with E-state index in [0.717, 1.165) is 55.6 Å². The molecular formula is C27H36O3. The van der Waals surface area contributed by atoms with Crippen LogP contribution in [0.2, 0.25) is 0 Å². The summed E-state index contributed by atoms with van der Waals surface area (Å²) in [6.07, 6.45) is 10.7. The normalized spacial score (nSPS) is 11.7. The van der Waals surface area contributed by atoms with E-state index in [4.69, 9.17) is 9.47 Å². The van der Waals surface area contributed by atoms with Crippen LogP contribution in [0.15, 0.2) is 61.2 Å². The van der Waals surface area contributed by atoms with Crippen molar-refractivity contribution in [3.8, 4) is 16.9 Å². The summed E-state index contributed by atoms with van der Waals surface area (Å²) in [5.74, 6) is 0.634. The molecule has 0 aliphatic rings. The molecular weight excluding hydrogens is 372 g/mol. The maximum atomic E-state index is 12.4. The van der Waals surface area contributed by atoms with Crippen molar-refractivity contribution in [3.05, 3.63) is 66.7 Å². The van der Waals surface area contributed by atoms with Gasteiger partial charge >= 0.3 is 5.97 Å². The second-order valence-corrected chi connectivity index (χ2v) is 7.80. The Hall–Kier alpha value is -2.55. The summed E-state index contributed by atoms with van der Waals surface area (Å²) in [4.78, 5) is 12.4. The molecule has 2 aromatic rings. The van der Waals surface area contributed by atoms with Crippen molar-refractivity contribution in [1.29, 1.82) is 0 Å². The Balaban J connectivity index is 1.83. The van der Waals surface area contributed by atoms with E-state index >= 15 is 0 Å². The van der Waals surface area contributed by atoms with Gasteiger partial charge in [-0.15, -0.1) is 6.58 Å². The Bertz CT molecular complexity index is 747. The molecule has 0 amide bonds. The fraction of sp³-hybridized carbons (Fsp3) is 0.444. The number of carbonyl (C=O) groups excluding carboxylic acids is 1. The number of allylic oxidation sites excluding steroid dienone is 1. The summed E-state index contributed by atoms with van der Waals surface area (Å²) in [5, 5.41) is 0. The van der Waals surface area contributed by atoms with Crippen LogP contribution in [0.4, 0.5) is 0 Å². The molecule has 0 N–H and O–H groups in total. The third-order valence-corrected chi connectivity index (χ3v) is 5.15. The topological polar surface area (TPSA) is 35.5 Å². The van der Waals surface area contributed by atoms with Gasteiger partial charge in [0.2, 0.25) is 0 Å². The minimum Gasteiger partial charge on any atom is -0.494 e. The van der Waals surface area contributed by atoms with Gasteiger partial charge in [-0.2, -0.15) is 0 Å². The molecule has 0 saturated carbocycles. The molecule has 0 spiro atoms. The summed E-state index contributed by atoms with van der Waals surface area (Å²) in [6, 6.07) is 15.7. The van der Waals surface area contributed by atoms with Crippen LogP contribution in [0.1, 0.15) is 75.6 Å². The van der Waals surface area contributed by atoms with Crippen molar-refractivity contribution < 1.29 is 14.3 Å². The molecule has 3 nitrogen and oxygen atoms in total. The lowest BCUT2D eigenvalue weighted by molar-refractivity contribution is 0.0319. The molecule has 2 aromatic carbocycles. The van der Waals surface area contributed by atoms with Crippen LogP contribution in [-0.2, 0) is 4.74 Å². The average Bonchev–Trinajstić information content (AvgIpc) is 2.77. The number of hydrogen-bond donors (Lipinski definition) is 0. The highest BCUT2D eigenvalue weighted by Gasteiger charge is 2.12. The Labute approximate surface area is 182 Å². The van der Waals surface area contributed by atoms with E-state index in [2.05, 4.69) is 13.5 Å². The maximum absolute atomic E-state index is 12.4. The van der Waals surface area contributed by atoms with Gasteiger partial charge in [-0.25, -0.2) is 4.79 Å². The zero-order valence-electron chi connectivity index (χ0n) is 18.6. The minimum absolute atomic E-state index is 0.0432. The van der Waals surface area contributed by atoms with Crippen molar-refractivity contribution in [2.24, 2.45) is 0 Å². The first-order valence-electron chi connectivity index (χ1n) is 11.3. The third-order valence-electron chi connectivity index (χ3n) is 5.15. The second-order valence-electron chi connectivity index (χ2n) is 7.80. The minimum atomic E-state index is -0.246. The third kappa shape index (κ3) is 8.44. The Morgan fingerprint density at radius 1 is 0.933 bits per heavy atom. The van der Waals surface area contributed by atoms with Gasteiger partial charge in [-0.1, -0.05) is 56.5 Å². The molecule has 0 aliphatic carbocycles. The molecule has 30 heavy (non-hydrogen) atoms. The van der Waals surface area contributed by atoms with E-state index in [-0.39, 0.29) is 12.1 Å². The summed E-state index contributed by atoms with van der Waals surface area (Å²) in [6.45, 7) is 8.63. The van der Waals surface area contributed by atoms with Crippen molar-refractivity contribution in [1.82, 2.24) is 0 Å². The van der Waals surface area contributed by atoms with Crippen LogP contribution in [-0.4, -0.2) is 18.7 Å². The number of ether oxygens (including phenoxy) is 2. The summed E-state index contributed by atoms with van der Waals surface area (Å²) < 4.78 is 11.4. The van der Waals surface area contributed by atoms with Crippen LogP contribution in [0.25, 0.3) is 11.1 Å². The van der Waals surface area contributed by atoms with Crippen LogP contribution >= 0.6 is 0 Å². The van der Waals surface area contributed by atoms with Crippen molar-refractivity contribution in [2.45, 2.75) is 71.3 Å². The van der Waals surface area contributed by atoms with Gasteiger partial charge in [0.1, 0.15) is 5.75 Å². The molecule has 0 aromatic heterocycles. The first-order chi connectivity index (χ1) is 14.6. The maximum Gasteiger partial charge on any atom is 0.338 e. The number of esters is 1. The molecule has 162 valence electrons. The number of unbranched alkanes of at least 4 members (excludes halogenated alkanes) is 5. The quantitative estimate of drug-likeness (QED) is 0.183. The molecule has 0 radical (unpaired) electrons. The van der Waals surface area contributed by atoms with Crippen LogP contribution < -0.4 is 4.74 Å². The average molecular weight is 409 g/mol. The molecule has 3 heteroatoms. The van der Waals surface area contributed by atoms with Crippen LogP contribution in [0, 0.1) is 0 Å². The first kappa shape index (κ1) is 23.7. The smallest absolute Gasteiger partial charge is 0.338 e. The van der Waals surface area contributed by atoms with E-state index in [1.54, 1.807) is 0 Å². The van der Waals surface area contributed by atoms with Gasteiger partial charge in [0.15, 0.2) is 0 Å². The SMILES string of the molecule is C=CCCCCOc1ccc(-c2ccc(C(=O)OC(C)CCCCCC)cc2)cc1. The highest BCUT2D eigenvalue weighted by Crippen LogP contribution is 2.23. The fourth-order valence-corrected chi connectivity index (χ4v) is 3.29. The van der Waals surface area contributed by atoms with Gasteiger partial charge in [-0.05, 0) is 74.4 Å². The number of hydrogen-bond acceptors (Lipinski definition) is 3. The molecule has 0 bridgehead atoms. The van der Waals surface area contributed by atoms with E-state index in [9.17, 15) is 4.79 Å². The van der Waals surface area contributed by atoms with Crippen LogP contribution in [0.5, 0.6) is 5.75 Å². The van der Waals surface area contributed by atoms with Gasteiger partial charge in [0.25, 0.3) is 0 Å². The lowest BCUT2D eigenvalue weighted by Crippen LogP contribution is -2.15. The Morgan fingerprint density at radius 2 is 1.60 bits per heavy atom. The zero-order chi connectivity index (χ0) is 21.6. The van der Waals surface area contributed by atoms with Gasteiger partial charge in [0, 0.05) is 0 Å². The summed E-state index contributed by atoms with van der Waals surface area (Å²) in [5.41, 5.74) is 2.76. The lowest BCUT2D eigenvalue weighted by atomic mass is 10.0. The van der Waals surface area contributed by atoms with E-state index in [0.29, 0.717) is 5.56 Å². The summed E-state index contributed by atoms with van der Waals surface area (Å²) >= 11 is 0. The molecule has 0 heterocycles. The monoisotopic (exact) mass is 408 g/mol. The van der Waals surface area contributed by atoms with E-state index in [1.165, 1.54) is 19.3 Å². The second kappa shape index (κ2) is 13.6. The standard InChI is InChI=1S/C27H36O3/c1-4-6-8-10-12-22(3)30-27(28)25-15-13-23(14-16-25)24-17-19-26(20-18-24)29-21-11-9-7-5-2/h5,13-20,22H,2,4,6-12,21H2,1,3H3. The molecule has 0 aliphatic heterocycles. The van der Waals surface area contributed by atoms with Crippen molar-refractivity contribution >= 4 is 5.97 Å². The predicted octanol–water partition coefficient (Wildman–Crippen LogP) is 7.60. The van der Waals surface area contributed by atoms with E-state index in [1.807, 2.05) is 61.5 Å². The van der Waals surface area contributed by atoms with Gasteiger partial charge < -0.3 is 9.47 Å². The van der Waals surface area contributed by atoms with Gasteiger partial charge in [-0.3, -0.25) is 0 Å². The van der Waals surface area contributed by atoms with Crippen LogP contribution in [0.3, 0.4) is 0 Å². The predicted molar refractivity (Wildman–Crippen MR) is 125 cm³/mol. The van der Waals surface area contributed by atoms with Crippen molar-refractivity contribution in [3.63, 3.8) is 0 Å². The zero-order valence-corrected chi connectivity index (χ0v) is 18.6.